The Morgan fingerprint density at radius 3 is 2.71 bits per heavy atom. The lowest BCUT2D eigenvalue weighted by atomic mass is 10.3. The first-order chi connectivity index (χ1) is 8.00. The topological polar surface area (TPSA) is 57.6 Å². The number of carbonyl (C=O) groups is 2. The zero-order valence-electron chi connectivity index (χ0n) is 9.80. The number of carboxylic acid groups (broad SMARTS) is 1. The monoisotopic (exact) mass is 273 g/mol. The van der Waals surface area contributed by atoms with E-state index in [2.05, 4.69) is 0 Å². The van der Waals surface area contributed by atoms with E-state index in [0.717, 1.165) is 17.1 Å². The van der Waals surface area contributed by atoms with Crippen molar-refractivity contribution < 1.29 is 14.7 Å². The van der Waals surface area contributed by atoms with Gasteiger partial charge in [-0.05, 0) is 18.2 Å². The summed E-state index contributed by atoms with van der Waals surface area (Å²) >= 11 is 2.82. The Balaban J connectivity index is 2.26. The number of nitrogens with zero attached hydrogens (tertiary/aromatic N) is 1. The Hall–Kier alpha value is -1.01. The lowest BCUT2D eigenvalue weighted by Gasteiger charge is -2.09. The maximum Gasteiger partial charge on any atom is 0.345 e. The van der Waals surface area contributed by atoms with Crippen molar-refractivity contribution in [1.29, 1.82) is 0 Å². The average molecular weight is 273 g/mol. The Morgan fingerprint density at radius 1 is 1.47 bits per heavy atom. The van der Waals surface area contributed by atoms with Crippen molar-refractivity contribution in [1.82, 2.24) is 4.90 Å². The molecule has 0 spiro atoms. The van der Waals surface area contributed by atoms with Crippen molar-refractivity contribution in [3.8, 4) is 0 Å². The highest BCUT2D eigenvalue weighted by Gasteiger charge is 2.07. The number of aromatic carboxylic acids is 1. The van der Waals surface area contributed by atoms with Crippen LogP contribution in [0.3, 0.4) is 0 Å². The van der Waals surface area contributed by atoms with Crippen molar-refractivity contribution >= 4 is 35.0 Å². The van der Waals surface area contributed by atoms with Gasteiger partial charge in [-0.1, -0.05) is 0 Å². The molecule has 1 N–H and O–H groups in total. The molecule has 0 saturated carbocycles. The summed E-state index contributed by atoms with van der Waals surface area (Å²) in [5, 5.41) is 10.6. The maximum absolute atomic E-state index is 11.3. The Kier molecular flexibility index (Phi) is 5.50. The van der Waals surface area contributed by atoms with E-state index in [-0.39, 0.29) is 5.91 Å². The lowest BCUT2D eigenvalue weighted by molar-refractivity contribution is -0.128. The van der Waals surface area contributed by atoms with E-state index in [9.17, 15) is 9.59 Å². The number of amides is 1. The fourth-order valence-corrected chi connectivity index (χ4v) is 2.97. The number of hydrogen-bond acceptors (Lipinski definition) is 4. The molecule has 0 aromatic carbocycles. The predicted octanol–water partition coefficient (Wildman–Crippen LogP) is 2.41. The highest BCUT2D eigenvalue weighted by Crippen LogP contribution is 2.25. The molecule has 0 aliphatic carbocycles. The van der Waals surface area contributed by atoms with Crippen LogP contribution in [0.4, 0.5) is 0 Å². The minimum Gasteiger partial charge on any atom is -0.477 e. The molecule has 1 aromatic rings. The molecule has 4 nitrogen and oxygen atoms in total. The highest BCUT2D eigenvalue weighted by molar-refractivity contribution is 7.99. The Bertz CT molecular complexity index is 401. The van der Waals surface area contributed by atoms with Gasteiger partial charge >= 0.3 is 5.97 Å². The van der Waals surface area contributed by atoms with Gasteiger partial charge in [-0.15, -0.1) is 23.1 Å². The van der Waals surface area contributed by atoms with Gasteiger partial charge in [0.05, 0.1) is 0 Å². The van der Waals surface area contributed by atoms with Crippen LogP contribution in [0.2, 0.25) is 0 Å². The van der Waals surface area contributed by atoms with Crippen LogP contribution < -0.4 is 0 Å². The maximum atomic E-state index is 11.3. The average Bonchev–Trinajstić information content (AvgIpc) is 2.72. The second-order valence-corrected chi connectivity index (χ2v) is 5.77. The van der Waals surface area contributed by atoms with Crippen molar-refractivity contribution in [2.45, 2.75) is 17.7 Å². The first-order valence-electron chi connectivity index (χ1n) is 5.15. The molecule has 6 heteroatoms. The molecule has 0 saturated heterocycles. The summed E-state index contributed by atoms with van der Waals surface area (Å²) in [6.45, 7) is 0. The lowest BCUT2D eigenvalue weighted by Crippen LogP contribution is -2.21. The normalized spacial score (nSPS) is 10.2. The number of carboxylic acids is 1. The van der Waals surface area contributed by atoms with Crippen LogP contribution in [0.1, 0.15) is 22.5 Å². The summed E-state index contributed by atoms with van der Waals surface area (Å²) in [5.74, 6) is 0.0711. The summed E-state index contributed by atoms with van der Waals surface area (Å²) in [6.07, 6.45) is 1.34. The molecule has 94 valence electrons. The second kappa shape index (κ2) is 6.66. The van der Waals surface area contributed by atoms with E-state index in [0.29, 0.717) is 11.3 Å². The van der Waals surface area contributed by atoms with Crippen molar-refractivity contribution in [3.05, 3.63) is 16.3 Å². The predicted molar refractivity (Wildman–Crippen MR) is 69.9 cm³/mol. The first-order valence-corrected chi connectivity index (χ1v) is 7.02. The van der Waals surface area contributed by atoms with E-state index >= 15 is 0 Å². The van der Waals surface area contributed by atoms with Crippen molar-refractivity contribution in [2.75, 3.05) is 19.8 Å². The molecule has 17 heavy (non-hydrogen) atoms. The van der Waals surface area contributed by atoms with E-state index in [1.807, 2.05) is 5.38 Å². The fraction of sp³-hybridized carbons (Fsp3) is 0.455. The Morgan fingerprint density at radius 2 is 2.18 bits per heavy atom. The molecule has 1 aromatic heterocycles. The van der Waals surface area contributed by atoms with Crippen molar-refractivity contribution in [2.24, 2.45) is 0 Å². The van der Waals surface area contributed by atoms with Gasteiger partial charge in [-0.2, -0.15) is 0 Å². The van der Waals surface area contributed by atoms with Crippen LogP contribution in [0.25, 0.3) is 0 Å². The molecule has 1 heterocycles. The number of thiophene rings is 1. The van der Waals surface area contributed by atoms with Gasteiger partial charge in [0.25, 0.3) is 0 Å². The summed E-state index contributed by atoms with van der Waals surface area (Å²) in [4.78, 5) is 24.9. The summed E-state index contributed by atoms with van der Waals surface area (Å²) in [5.41, 5.74) is 0. The molecule has 0 aliphatic heterocycles. The van der Waals surface area contributed by atoms with E-state index in [1.54, 1.807) is 36.8 Å². The highest BCUT2D eigenvalue weighted by atomic mass is 32.2. The molecule has 1 rings (SSSR count). The molecular formula is C11H15NO3S2. The zero-order valence-corrected chi connectivity index (χ0v) is 11.4. The van der Waals surface area contributed by atoms with Crippen LogP contribution in [0.15, 0.2) is 16.3 Å². The summed E-state index contributed by atoms with van der Waals surface area (Å²) in [6, 6.07) is 1.67. The van der Waals surface area contributed by atoms with Gasteiger partial charge in [0.2, 0.25) is 5.91 Å². The van der Waals surface area contributed by atoms with Crippen LogP contribution in [-0.4, -0.2) is 41.7 Å². The van der Waals surface area contributed by atoms with Crippen LogP contribution in [-0.2, 0) is 4.79 Å². The fourth-order valence-electron chi connectivity index (χ4n) is 1.14. The van der Waals surface area contributed by atoms with Gasteiger partial charge in [0, 0.05) is 30.8 Å². The third kappa shape index (κ3) is 4.79. The molecular weight excluding hydrogens is 258 g/mol. The summed E-state index contributed by atoms with van der Waals surface area (Å²) < 4.78 is 0. The minimum atomic E-state index is -0.885. The van der Waals surface area contributed by atoms with E-state index in [4.69, 9.17) is 5.11 Å². The van der Waals surface area contributed by atoms with E-state index < -0.39 is 5.97 Å². The standard InChI is InChI=1S/C11H15NO3S2/c1-12(2)10(13)4-3-5-16-8-6-9(11(14)15)17-7-8/h6-7H,3-5H2,1-2H3,(H,14,15). The zero-order chi connectivity index (χ0) is 12.8. The SMILES string of the molecule is CN(C)C(=O)CCCSc1csc(C(=O)O)c1. The molecule has 0 atom stereocenters. The van der Waals surface area contributed by atoms with Crippen LogP contribution in [0, 0.1) is 0 Å². The third-order valence-electron chi connectivity index (χ3n) is 2.09. The van der Waals surface area contributed by atoms with Crippen molar-refractivity contribution in [3.63, 3.8) is 0 Å². The smallest absolute Gasteiger partial charge is 0.345 e. The molecule has 0 fully saturated rings. The minimum absolute atomic E-state index is 0.127. The largest absolute Gasteiger partial charge is 0.477 e. The van der Waals surface area contributed by atoms with Gasteiger partial charge in [-0.3, -0.25) is 4.79 Å². The molecule has 1 amide bonds. The van der Waals surface area contributed by atoms with Gasteiger partial charge < -0.3 is 10.0 Å². The number of hydrogen-bond donors (Lipinski definition) is 1. The Labute approximate surface area is 109 Å². The summed E-state index contributed by atoms with van der Waals surface area (Å²) in [7, 11) is 3.49. The molecule has 0 radical (unpaired) electrons. The van der Waals surface area contributed by atoms with Gasteiger partial charge in [-0.25, -0.2) is 4.79 Å². The van der Waals surface area contributed by atoms with Crippen LogP contribution >= 0.6 is 23.1 Å². The number of carbonyl (C=O) groups excluding carboxylic acids is 1. The number of rotatable bonds is 6. The molecule has 0 bridgehead atoms. The van der Waals surface area contributed by atoms with E-state index in [1.165, 1.54) is 11.3 Å². The third-order valence-corrected chi connectivity index (χ3v) is 4.22. The quantitative estimate of drug-likeness (QED) is 0.639. The molecule has 0 unspecified atom stereocenters. The molecule has 0 aliphatic rings. The first kappa shape index (κ1) is 14.1. The van der Waals surface area contributed by atoms with Gasteiger partial charge in [0.1, 0.15) is 4.88 Å². The van der Waals surface area contributed by atoms with Crippen LogP contribution in [0.5, 0.6) is 0 Å². The number of thioether (sulfide) groups is 1. The van der Waals surface area contributed by atoms with Gasteiger partial charge in [0.15, 0.2) is 0 Å². The second-order valence-electron chi connectivity index (χ2n) is 3.69.